The van der Waals surface area contributed by atoms with Crippen molar-refractivity contribution < 1.29 is 4.79 Å². The third-order valence-corrected chi connectivity index (χ3v) is 5.45. The van der Waals surface area contributed by atoms with E-state index in [4.69, 9.17) is 10.7 Å². The zero-order valence-corrected chi connectivity index (χ0v) is 13.1. The fourth-order valence-electron chi connectivity index (χ4n) is 2.98. The summed E-state index contributed by atoms with van der Waals surface area (Å²) in [7, 11) is 0. The van der Waals surface area contributed by atoms with Gasteiger partial charge in [0.15, 0.2) is 0 Å². The van der Waals surface area contributed by atoms with Gasteiger partial charge < -0.3 is 5.73 Å². The number of rotatable bonds is 5. The molecule has 0 radical (unpaired) electrons. The summed E-state index contributed by atoms with van der Waals surface area (Å²) in [5.74, 6) is 0.317. The third kappa shape index (κ3) is 2.78. The average Bonchev–Trinajstić information content (AvgIpc) is 2.96. The van der Waals surface area contributed by atoms with Gasteiger partial charge >= 0.3 is 0 Å². The summed E-state index contributed by atoms with van der Waals surface area (Å²) in [6.45, 7) is 2.88. The van der Waals surface area contributed by atoms with Crippen molar-refractivity contribution in [1.82, 2.24) is 19.7 Å². The molecule has 6 nitrogen and oxygen atoms in total. The van der Waals surface area contributed by atoms with Gasteiger partial charge in [-0.2, -0.15) is 5.10 Å². The van der Waals surface area contributed by atoms with Crippen molar-refractivity contribution >= 4 is 17.2 Å². The predicted molar refractivity (Wildman–Crippen MR) is 83.8 cm³/mol. The highest BCUT2D eigenvalue weighted by Gasteiger charge is 2.28. The molecule has 22 heavy (non-hydrogen) atoms. The quantitative estimate of drug-likeness (QED) is 0.911. The van der Waals surface area contributed by atoms with Crippen LogP contribution in [0, 0.1) is 0 Å². The summed E-state index contributed by atoms with van der Waals surface area (Å²) in [5, 5.41) is 7.78. The molecular weight excluding hydrogens is 298 g/mol. The number of amides is 1. The Bertz CT molecular complexity index is 690. The van der Waals surface area contributed by atoms with Crippen LogP contribution in [0.25, 0.3) is 0 Å². The molecule has 2 fully saturated rings. The average molecular weight is 317 g/mol. The van der Waals surface area contributed by atoms with Crippen molar-refractivity contribution in [1.29, 1.82) is 0 Å². The van der Waals surface area contributed by atoms with E-state index in [0.717, 1.165) is 32.0 Å². The Labute approximate surface area is 132 Å². The number of hydrogen-bond acceptors (Lipinski definition) is 5. The van der Waals surface area contributed by atoms with Crippen molar-refractivity contribution in [3.63, 3.8) is 0 Å². The summed E-state index contributed by atoms with van der Waals surface area (Å²) >= 11 is 1.80. The van der Waals surface area contributed by atoms with Crippen LogP contribution in [-0.2, 0) is 6.54 Å². The van der Waals surface area contributed by atoms with Crippen molar-refractivity contribution in [2.24, 2.45) is 5.73 Å². The fraction of sp³-hybridized carbons (Fsp3) is 0.533. The lowest BCUT2D eigenvalue weighted by Crippen LogP contribution is -2.21. The summed E-state index contributed by atoms with van der Waals surface area (Å²) in [5.41, 5.74) is 6.94. The summed E-state index contributed by atoms with van der Waals surface area (Å²) in [6.07, 6.45) is 6.96. The molecule has 2 aromatic heterocycles. The van der Waals surface area contributed by atoms with E-state index >= 15 is 0 Å². The molecule has 1 aliphatic heterocycles. The van der Waals surface area contributed by atoms with Gasteiger partial charge in [0.05, 0.1) is 28.5 Å². The maximum Gasteiger partial charge on any atom is 0.251 e. The number of nitrogens with zero attached hydrogens (tertiary/aromatic N) is 4. The smallest absolute Gasteiger partial charge is 0.251 e. The van der Waals surface area contributed by atoms with Gasteiger partial charge in [0, 0.05) is 37.1 Å². The third-order valence-electron chi connectivity index (χ3n) is 4.39. The normalized spacial score (nSPS) is 22.3. The maximum atomic E-state index is 11.1. The standard InChI is InChI=1S/C15H19N5OS/c16-14(21)11-5-17-20(6-11)13-3-4-19(8-13)7-12-9-22-15(18-12)10-1-2-10/h5-6,9-10,13H,1-4,7-8H2,(H2,16,21). The molecule has 1 saturated heterocycles. The van der Waals surface area contributed by atoms with Crippen LogP contribution in [0.1, 0.15) is 52.3 Å². The molecular formula is C15H19N5OS. The fourth-order valence-corrected chi connectivity index (χ4v) is 3.96. The van der Waals surface area contributed by atoms with E-state index in [1.165, 1.54) is 23.5 Å². The van der Waals surface area contributed by atoms with Crippen LogP contribution in [0.15, 0.2) is 17.8 Å². The Morgan fingerprint density at radius 3 is 3.00 bits per heavy atom. The van der Waals surface area contributed by atoms with Crippen LogP contribution in [0.4, 0.5) is 0 Å². The molecule has 116 valence electrons. The minimum atomic E-state index is -0.420. The molecule has 2 aromatic rings. The molecule has 3 heterocycles. The van der Waals surface area contributed by atoms with Gasteiger partial charge in [0.25, 0.3) is 5.91 Å². The van der Waals surface area contributed by atoms with Gasteiger partial charge in [0.2, 0.25) is 0 Å². The first-order valence-corrected chi connectivity index (χ1v) is 8.57. The molecule has 4 rings (SSSR count). The Kier molecular flexibility index (Phi) is 3.46. The molecule has 2 aliphatic rings. The molecule has 1 aliphatic carbocycles. The second-order valence-electron chi connectivity index (χ2n) is 6.20. The van der Waals surface area contributed by atoms with E-state index in [1.807, 2.05) is 4.68 Å². The van der Waals surface area contributed by atoms with E-state index in [9.17, 15) is 4.79 Å². The molecule has 0 spiro atoms. The highest BCUT2D eigenvalue weighted by atomic mass is 32.1. The highest BCUT2D eigenvalue weighted by molar-refractivity contribution is 7.09. The zero-order valence-electron chi connectivity index (χ0n) is 12.3. The van der Waals surface area contributed by atoms with E-state index < -0.39 is 5.91 Å². The van der Waals surface area contributed by atoms with Crippen molar-refractivity contribution in [2.75, 3.05) is 13.1 Å². The van der Waals surface area contributed by atoms with E-state index in [2.05, 4.69) is 15.4 Å². The lowest BCUT2D eigenvalue weighted by molar-refractivity contribution is 0.1000. The number of likely N-dealkylation sites (tertiary alicyclic amines) is 1. The molecule has 1 saturated carbocycles. The van der Waals surface area contributed by atoms with Crippen LogP contribution < -0.4 is 5.73 Å². The minimum Gasteiger partial charge on any atom is -0.366 e. The first-order chi connectivity index (χ1) is 10.7. The van der Waals surface area contributed by atoms with Crippen LogP contribution in [0.2, 0.25) is 0 Å². The number of nitrogens with two attached hydrogens (primary N) is 1. The van der Waals surface area contributed by atoms with Crippen LogP contribution >= 0.6 is 11.3 Å². The second-order valence-corrected chi connectivity index (χ2v) is 7.09. The lowest BCUT2D eigenvalue weighted by Gasteiger charge is -2.14. The van der Waals surface area contributed by atoms with Gasteiger partial charge in [-0.3, -0.25) is 14.4 Å². The Balaban J connectivity index is 1.37. The predicted octanol–water partition coefficient (Wildman–Crippen LogP) is 1.76. The molecule has 1 unspecified atom stereocenters. The van der Waals surface area contributed by atoms with Gasteiger partial charge in [-0.15, -0.1) is 11.3 Å². The monoisotopic (exact) mass is 317 g/mol. The molecule has 2 N–H and O–H groups in total. The molecule has 0 bridgehead atoms. The number of thiazole rings is 1. The lowest BCUT2D eigenvalue weighted by atomic mass is 10.3. The molecule has 0 aromatic carbocycles. The van der Waals surface area contributed by atoms with Crippen LogP contribution in [0.5, 0.6) is 0 Å². The number of carbonyl (C=O) groups is 1. The van der Waals surface area contributed by atoms with Crippen molar-refractivity contribution in [3.05, 3.63) is 34.0 Å². The minimum absolute atomic E-state index is 0.314. The SMILES string of the molecule is NC(=O)c1cnn(C2CCN(Cc3csc(C4CC4)n3)C2)c1. The van der Waals surface area contributed by atoms with Crippen molar-refractivity contribution in [2.45, 2.75) is 37.8 Å². The Morgan fingerprint density at radius 1 is 1.41 bits per heavy atom. The van der Waals surface area contributed by atoms with Crippen LogP contribution in [0.3, 0.4) is 0 Å². The van der Waals surface area contributed by atoms with Gasteiger partial charge in [-0.1, -0.05) is 0 Å². The van der Waals surface area contributed by atoms with E-state index in [0.29, 0.717) is 11.6 Å². The number of primary amides is 1. The first-order valence-electron chi connectivity index (χ1n) is 7.69. The number of hydrogen-bond donors (Lipinski definition) is 1. The molecule has 1 amide bonds. The summed E-state index contributed by atoms with van der Waals surface area (Å²) in [6, 6.07) is 0.314. The van der Waals surface area contributed by atoms with Gasteiger partial charge in [-0.25, -0.2) is 4.98 Å². The van der Waals surface area contributed by atoms with Crippen LogP contribution in [-0.4, -0.2) is 38.7 Å². The maximum absolute atomic E-state index is 11.1. The largest absolute Gasteiger partial charge is 0.366 e. The van der Waals surface area contributed by atoms with Crippen molar-refractivity contribution in [3.8, 4) is 0 Å². The molecule has 1 atom stereocenters. The Morgan fingerprint density at radius 2 is 2.27 bits per heavy atom. The topological polar surface area (TPSA) is 77.0 Å². The van der Waals surface area contributed by atoms with E-state index in [1.54, 1.807) is 23.7 Å². The summed E-state index contributed by atoms with van der Waals surface area (Å²) < 4.78 is 1.87. The second kappa shape index (κ2) is 5.48. The van der Waals surface area contributed by atoms with Gasteiger partial charge in [-0.05, 0) is 19.3 Å². The highest BCUT2D eigenvalue weighted by Crippen LogP contribution is 2.41. The number of aromatic nitrogens is 3. The Hall–Kier alpha value is -1.73. The summed E-state index contributed by atoms with van der Waals surface area (Å²) in [4.78, 5) is 18.3. The zero-order chi connectivity index (χ0) is 15.1. The number of carbonyl (C=O) groups excluding carboxylic acids is 1. The van der Waals surface area contributed by atoms with Gasteiger partial charge in [0.1, 0.15) is 0 Å². The molecule has 7 heteroatoms. The first kappa shape index (κ1) is 13.9. The van der Waals surface area contributed by atoms with E-state index in [-0.39, 0.29) is 0 Å².